The molecule has 4 rings (SSSR count). The second kappa shape index (κ2) is 6.33. The highest BCUT2D eigenvalue weighted by molar-refractivity contribution is 5.97. The minimum Gasteiger partial charge on any atom is -0.305 e. The SMILES string of the molecule is N=C(N=NN)c1ccc2c(c1)C=CC1[C@@H](Cc3ccc(C(F)(F)F)cc3)[C@@H]21. The first kappa shape index (κ1) is 17.5. The number of fused-ring (bicyclic) bond motifs is 3. The van der Waals surface area contributed by atoms with E-state index in [2.05, 4.69) is 16.4 Å². The Labute approximate surface area is 154 Å². The van der Waals surface area contributed by atoms with E-state index in [1.807, 2.05) is 24.3 Å². The summed E-state index contributed by atoms with van der Waals surface area (Å²) in [5.74, 6) is 6.17. The Bertz CT molecular complexity index is 945. The number of amidine groups is 1. The largest absolute Gasteiger partial charge is 0.416 e. The van der Waals surface area contributed by atoms with E-state index < -0.39 is 11.7 Å². The summed E-state index contributed by atoms with van der Waals surface area (Å²) in [6.07, 6.45) is 0.637. The van der Waals surface area contributed by atoms with Crippen LogP contribution in [-0.2, 0) is 12.6 Å². The molecule has 1 fully saturated rings. The monoisotopic (exact) mass is 370 g/mol. The molecule has 3 atom stereocenters. The number of hydrogen-bond acceptors (Lipinski definition) is 2. The highest BCUT2D eigenvalue weighted by Crippen LogP contribution is 2.59. The van der Waals surface area contributed by atoms with Crippen molar-refractivity contribution >= 4 is 11.9 Å². The van der Waals surface area contributed by atoms with E-state index in [9.17, 15) is 13.2 Å². The van der Waals surface area contributed by atoms with Gasteiger partial charge in [-0.3, -0.25) is 5.41 Å². The number of nitrogens with zero attached hydrogens (tertiary/aromatic N) is 2. The van der Waals surface area contributed by atoms with Gasteiger partial charge in [0.15, 0.2) is 5.84 Å². The Kier molecular flexibility index (Phi) is 4.09. The standard InChI is InChI=1S/C20H17F3N4/c21-20(22,23)14-5-1-11(2-6-14)9-17-16-8-3-12-10-13(19(24)26-27-25)4-7-15(12)18(16)17/h1-8,10,16-18H,9H2,(H3,24,25,26)/t16?,17-,18+/m1/s1. The van der Waals surface area contributed by atoms with Crippen molar-refractivity contribution in [1.29, 1.82) is 5.41 Å². The fourth-order valence-corrected chi connectivity index (χ4v) is 3.97. The van der Waals surface area contributed by atoms with E-state index >= 15 is 0 Å². The quantitative estimate of drug-likeness (QED) is 0.259. The predicted molar refractivity (Wildman–Crippen MR) is 96.2 cm³/mol. The molecule has 2 aliphatic rings. The van der Waals surface area contributed by atoms with Crippen LogP contribution in [0, 0.1) is 17.2 Å². The average Bonchev–Trinajstić information content (AvgIpc) is 3.34. The molecule has 3 N–H and O–H groups in total. The van der Waals surface area contributed by atoms with Crippen LogP contribution in [0.3, 0.4) is 0 Å². The van der Waals surface area contributed by atoms with Crippen LogP contribution in [0.5, 0.6) is 0 Å². The summed E-state index contributed by atoms with van der Waals surface area (Å²) < 4.78 is 38.1. The number of nitrogens with one attached hydrogen (secondary N) is 1. The Hall–Kier alpha value is -2.96. The van der Waals surface area contributed by atoms with Crippen LogP contribution in [0.25, 0.3) is 6.08 Å². The average molecular weight is 370 g/mol. The first-order valence-corrected chi connectivity index (χ1v) is 8.56. The van der Waals surface area contributed by atoms with Crippen LogP contribution < -0.4 is 5.84 Å². The van der Waals surface area contributed by atoms with Crippen molar-refractivity contribution in [2.24, 2.45) is 28.0 Å². The van der Waals surface area contributed by atoms with E-state index in [0.29, 0.717) is 23.3 Å². The molecule has 1 saturated carbocycles. The lowest BCUT2D eigenvalue weighted by molar-refractivity contribution is -0.137. The molecule has 0 radical (unpaired) electrons. The molecule has 0 spiro atoms. The summed E-state index contributed by atoms with van der Waals surface area (Å²) in [6, 6.07) is 11.2. The first-order valence-electron chi connectivity index (χ1n) is 8.56. The van der Waals surface area contributed by atoms with Crippen molar-refractivity contribution in [3.05, 3.63) is 76.4 Å². The molecule has 7 heteroatoms. The van der Waals surface area contributed by atoms with Crippen molar-refractivity contribution in [2.75, 3.05) is 0 Å². The summed E-state index contributed by atoms with van der Waals surface area (Å²) in [6.45, 7) is 0. The van der Waals surface area contributed by atoms with Crippen molar-refractivity contribution < 1.29 is 13.2 Å². The number of alkyl halides is 3. The molecule has 1 unspecified atom stereocenters. The molecule has 0 aromatic heterocycles. The van der Waals surface area contributed by atoms with Gasteiger partial charge in [0.05, 0.1) is 5.56 Å². The van der Waals surface area contributed by atoms with Gasteiger partial charge in [-0.1, -0.05) is 41.6 Å². The maximum absolute atomic E-state index is 12.7. The smallest absolute Gasteiger partial charge is 0.305 e. The lowest BCUT2D eigenvalue weighted by Crippen LogP contribution is -2.04. The summed E-state index contributed by atoms with van der Waals surface area (Å²) in [5.41, 5.74) is 3.20. The second-order valence-corrected chi connectivity index (χ2v) is 6.93. The van der Waals surface area contributed by atoms with Crippen molar-refractivity contribution in [3.8, 4) is 0 Å². The Morgan fingerprint density at radius 1 is 1.11 bits per heavy atom. The van der Waals surface area contributed by atoms with Gasteiger partial charge in [0.25, 0.3) is 0 Å². The third-order valence-electron chi connectivity index (χ3n) is 5.36. The van der Waals surface area contributed by atoms with Crippen molar-refractivity contribution in [1.82, 2.24) is 0 Å². The topological polar surface area (TPSA) is 74.6 Å². The molecule has 0 aliphatic heterocycles. The van der Waals surface area contributed by atoms with E-state index in [1.54, 1.807) is 12.1 Å². The van der Waals surface area contributed by atoms with Crippen molar-refractivity contribution in [3.63, 3.8) is 0 Å². The van der Waals surface area contributed by atoms with Gasteiger partial charge in [-0.05, 0) is 59.1 Å². The lowest BCUT2D eigenvalue weighted by atomic mass is 9.94. The molecule has 2 aliphatic carbocycles. The second-order valence-electron chi connectivity index (χ2n) is 6.93. The Morgan fingerprint density at radius 3 is 2.52 bits per heavy atom. The minimum absolute atomic E-state index is 0.00734. The Morgan fingerprint density at radius 2 is 1.85 bits per heavy atom. The number of allylic oxidation sites excluding steroid dienone is 1. The van der Waals surface area contributed by atoms with Crippen LogP contribution in [-0.4, -0.2) is 5.84 Å². The maximum Gasteiger partial charge on any atom is 0.416 e. The van der Waals surface area contributed by atoms with Crippen LogP contribution >= 0.6 is 0 Å². The zero-order valence-corrected chi connectivity index (χ0v) is 14.2. The summed E-state index contributed by atoms with van der Waals surface area (Å²) in [4.78, 5) is 0. The molecule has 0 amide bonds. The van der Waals surface area contributed by atoms with Gasteiger partial charge in [-0.2, -0.15) is 13.2 Å². The molecule has 4 nitrogen and oxygen atoms in total. The van der Waals surface area contributed by atoms with Crippen LogP contribution in [0.15, 0.2) is 58.9 Å². The van der Waals surface area contributed by atoms with Crippen LogP contribution in [0.1, 0.15) is 33.7 Å². The normalized spacial score (nSPS) is 23.1. The number of halogens is 3. The number of hydrogen-bond donors (Lipinski definition) is 2. The van der Waals surface area contributed by atoms with Gasteiger partial charge >= 0.3 is 6.18 Å². The van der Waals surface area contributed by atoms with E-state index in [-0.39, 0.29) is 5.84 Å². The third-order valence-corrected chi connectivity index (χ3v) is 5.36. The lowest BCUT2D eigenvalue weighted by Gasteiger charge is -2.11. The van der Waals surface area contributed by atoms with Gasteiger partial charge in [-0.15, -0.1) is 5.11 Å². The fraction of sp³-hybridized carbons (Fsp3) is 0.250. The molecule has 27 heavy (non-hydrogen) atoms. The number of benzene rings is 2. The predicted octanol–water partition coefficient (Wildman–Crippen LogP) is 4.96. The summed E-state index contributed by atoms with van der Waals surface area (Å²) >= 11 is 0. The van der Waals surface area contributed by atoms with Gasteiger partial charge in [0.2, 0.25) is 0 Å². The van der Waals surface area contributed by atoms with E-state index in [4.69, 9.17) is 11.3 Å². The van der Waals surface area contributed by atoms with Gasteiger partial charge in [0.1, 0.15) is 0 Å². The fourth-order valence-electron chi connectivity index (χ4n) is 3.97. The number of rotatable bonds is 3. The molecule has 0 bridgehead atoms. The molecular formula is C20H17F3N4. The summed E-state index contributed by atoms with van der Waals surface area (Å²) in [7, 11) is 0. The molecule has 0 saturated heterocycles. The Balaban J connectivity index is 1.51. The van der Waals surface area contributed by atoms with Crippen molar-refractivity contribution in [2.45, 2.75) is 18.5 Å². The van der Waals surface area contributed by atoms with Crippen LogP contribution in [0.4, 0.5) is 13.2 Å². The van der Waals surface area contributed by atoms with E-state index in [1.165, 1.54) is 5.56 Å². The van der Waals surface area contributed by atoms with E-state index in [0.717, 1.165) is 29.7 Å². The van der Waals surface area contributed by atoms with Gasteiger partial charge < -0.3 is 5.84 Å². The summed E-state index contributed by atoms with van der Waals surface area (Å²) in [5, 5.41) is 14.5. The zero-order valence-electron chi connectivity index (χ0n) is 14.2. The molecule has 138 valence electrons. The third kappa shape index (κ3) is 3.25. The first-order chi connectivity index (χ1) is 12.9. The zero-order chi connectivity index (χ0) is 19.2. The number of nitrogens with two attached hydrogens (primary N) is 1. The van der Waals surface area contributed by atoms with Crippen LogP contribution in [0.2, 0.25) is 0 Å². The minimum atomic E-state index is -4.30. The molecule has 2 aromatic carbocycles. The maximum atomic E-state index is 12.7. The van der Waals surface area contributed by atoms with Gasteiger partial charge in [-0.25, -0.2) is 0 Å². The highest BCUT2D eigenvalue weighted by atomic mass is 19.4. The highest BCUT2D eigenvalue weighted by Gasteiger charge is 2.50. The molecular weight excluding hydrogens is 353 g/mol. The van der Waals surface area contributed by atoms with Gasteiger partial charge in [0, 0.05) is 5.56 Å². The molecule has 2 aromatic rings. The molecule has 0 heterocycles.